The Kier molecular flexibility index (Phi) is 5.76. The molecule has 1 rings (SSSR count). The highest BCUT2D eigenvalue weighted by atomic mass is 35.5. The molecule has 0 spiro atoms. The van der Waals surface area contributed by atoms with Crippen LogP contribution >= 0.6 is 23.8 Å². The van der Waals surface area contributed by atoms with E-state index in [1.54, 1.807) is 0 Å². The third kappa shape index (κ3) is 4.97. The van der Waals surface area contributed by atoms with Crippen LogP contribution in [0.2, 0.25) is 5.02 Å². The van der Waals surface area contributed by atoms with Crippen molar-refractivity contribution in [2.75, 3.05) is 5.32 Å². The van der Waals surface area contributed by atoms with Crippen LogP contribution in [0.5, 0.6) is 0 Å². The molecule has 0 unspecified atom stereocenters. The highest BCUT2D eigenvalue weighted by molar-refractivity contribution is 7.80. The van der Waals surface area contributed by atoms with Crippen molar-refractivity contribution in [2.24, 2.45) is 0 Å². The van der Waals surface area contributed by atoms with Crippen molar-refractivity contribution in [2.45, 2.75) is 25.9 Å². The van der Waals surface area contributed by atoms with Crippen LogP contribution in [0.4, 0.5) is 18.9 Å². The second-order valence-electron chi connectivity index (χ2n) is 3.94. The molecule has 1 amide bonds. The zero-order valence-electron chi connectivity index (χ0n) is 10.5. The fourth-order valence-corrected chi connectivity index (χ4v) is 1.81. The summed E-state index contributed by atoms with van der Waals surface area (Å²) in [6, 6.07) is 2.83. The molecule has 110 valence electrons. The summed E-state index contributed by atoms with van der Waals surface area (Å²) in [5, 5.41) is 4.84. The molecule has 1 aromatic rings. The van der Waals surface area contributed by atoms with Crippen molar-refractivity contribution in [3.05, 3.63) is 28.8 Å². The summed E-state index contributed by atoms with van der Waals surface area (Å²) in [5.41, 5.74) is -0.657. The number of nitrogens with one attached hydrogen (secondary N) is 2. The highest BCUT2D eigenvalue weighted by Crippen LogP contribution is 2.33. The summed E-state index contributed by atoms with van der Waals surface area (Å²) >= 11 is 10.6. The molecule has 0 aliphatic heterocycles. The van der Waals surface area contributed by atoms with E-state index in [1.165, 1.54) is 0 Å². The molecule has 0 heterocycles. The van der Waals surface area contributed by atoms with E-state index in [-0.39, 0.29) is 21.7 Å². The maximum absolute atomic E-state index is 12.5. The second-order valence-corrected chi connectivity index (χ2v) is 4.76. The molecule has 0 fully saturated rings. The molecule has 8 heteroatoms. The summed E-state index contributed by atoms with van der Waals surface area (Å²) in [6.45, 7) is 1.84. The minimum atomic E-state index is -4.46. The lowest BCUT2D eigenvalue weighted by atomic mass is 10.2. The Morgan fingerprint density at radius 1 is 1.40 bits per heavy atom. The Labute approximate surface area is 124 Å². The number of benzene rings is 1. The topological polar surface area (TPSA) is 41.1 Å². The van der Waals surface area contributed by atoms with Crippen LogP contribution in [-0.2, 0) is 11.0 Å². The van der Waals surface area contributed by atoms with E-state index in [1.807, 2.05) is 6.92 Å². The third-order valence-electron chi connectivity index (χ3n) is 2.27. The van der Waals surface area contributed by atoms with Gasteiger partial charge in [-0.2, -0.15) is 13.2 Å². The summed E-state index contributed by atoms with van der Waals surface area (Å²) in [6.07, 6.45) is -3.49. The monoisotopic (exact) mass is 324 g/mol. The van der Waals surface area contributed by atoms with E-state index in [0.717, 1.165) is 18.2 Å². The van der Waals surface area contributed by atoms with Gasteiger partial charge in [-0.15, -0.1) is 0 Å². The molecule has 3 nitrogen and oxygen atoms in total. The zero-order valence-corrected chi connectivity index (χ0v) is 12.0. The lowest BCUT2D eigenvalue weighted by Crippen LogP contribution is -2.33. The Morgan fingerprint density at radius 2 is 2.05 bits per heavy atom. The molecular weight excluding hydrogens is 313 g/mol. The number of thiocarbonyl (C=S) groups is 1. The molecule has 1 aromatic carbocycles. The van der Waals surface area contributed by atoms with Crippen molar-refractivity contribution in [1.82, 2.24) is 5.32 Å². The van der Waals surface area contributed by atoms with Gasteiger partial charge in [0.25, 0.3) is 0 Å². The number of carbonyl (C=O) groups excluding carboxylic acids is 1. The number of rotatable bonds is 3. The molecule has 2 N–H and O–H groups in total. The van der Waals surface area contributed by atoms with Crippen molar-refractivity contribution in [3.8, 4) is 0 Å². The maximum atomic E-state index is 12.5. The second kappa shape index (κ2) is 6.90. The Hall–Kier alpha value is -1.34. The van der Waals surface area contributed by atoms with Gasteiger partial charge in [-0.25, -0.2) is 0 Å². The number of hydrogen-bond donors (Lipinski definition) is 2. The number of hydrogen-bond acceptors (Lipinski definition) is 2. The van der Waals surface area contributed by atoms with Crippen LogP contribution in [0.25, 0.3) is 0 Å². The molecule has 20 heavy (non-hydrogen) atoms. The molecule has 0 radical (unpaired) electrons. The largest absolute Gasteiger partial charge is 0.416 e. The minimum Gasteiger partial charge on any atom is -0.331 e. The van der Waals surface area contributed by atoms with Gasteiger partial charge in [0.2, 0.25) is 5.91 Å². The molecular formula is C12H12ClF3N2OS. The average Bonchev–Trinajstić information content (AvgIpc) is 2.30. The predicted molar refractivity (Wildman–Crippen MR) is 75.7 cm³/mol. The van der Waals surface area contributed by atoms with Crippen LogP contribution in [-0.4, -0.2) is 11.0 Å². The first kappa shape index (κ1) is 16.7. The standard InChI is InChI=1S/C12H12ClF3N2OS/c1-2-3-10(19)18-11(20)17-9-5-4-7(6-8(9)13)12(14,15)16/h4-6H,2-3H2,1H3,(H2,17,18,19,20). The van der Waals surface area contributed by atoms with Crippen molar-refractivity contribution in [1.29, 1.82) is 0 Å². The molecule has 0 atom stereocenters. The molecule has 0 aliphatic carbocycles. The molecule has 0 saturated heterocycles. The fourth-order valence-electron chi connectivity index (χ4n) is 1.36. The Bertz CT molecular complexity index is 520. The van der Waals surface area contributed by atoms with Gasteiger partial charge in [-0.3, -0.25) is 4.79 Å². The number of anilines is 1. The Balaban J connectivity index is 2.74. The number of carbonyl (C=O) groups is 1. The van der Waals surface area contributed by atoms with Crippen LogP contribution in [0.3, 0.4) is 0 Å². The summed E-state index contributed by atoms with van der Waals surface area (Å²) in [5.74, 6) is -0.270. The molecule has 0 saturated carbocycles. The van der Waals surface area contributed by atoms with Gasteiger partial charge in [0, 0.05) is 6.42 Å². The van der Waals surface area contributed by atoms with Crippen LogP contribution in [0, 0.1) is 0 Å². The number of amides is 1. The minimum absolute atomic E-state index is 0.00916. The van der Waals surface area contributed by atoms with Gasteiger partial charge >= 0.3 is 6.18 Å². The fraction of sp³-hybridized carbons (Fsp3) is 0.333. The predicted octanol–water partition coefficient (Wildman–Crippen LogP) is 3.97. The van der Waals surface area contributed by atoms with Gasteiger partial charge in [0.15, 0.2) is 5.11 Å². The van der Waals surface area contributed by atoms with E-state index < -0.39 is 11.7 Å². The van der Waals surface area contributed by atoms with Gasteiger partial charge < -0.3 is 10.6 Å². The van der Waals surface area contributed by atoms with E-state index >= 15 is 0 Å². The van der Waals surface area contributed by atoms with E-state index in [0.29, 0.717) is 12.8 Å². The van der Waals surface area contributed by atoms with Gasteiger partial charge in [0.05, 0.1) is 16.3 Å². The molecule has 0 bridgehead atoms. The van der Waals surface area contributed by atoms with Crippen LogP contribution in [0.15, 0.2) is 18.2 Å². The summed E-state index contributed by atoms with van der Waals surface area (Å²) < 4.78 is 37.4. The van der Waals surface area contributed by atoms with Crippen molar-refractivity contribution < 1.29 is 18.0 Å². The van der Waals surface area contributed by atoms with Crippen molar-refractivity contribution in [3.63, 3.8) is 0 Å². The number of alkyl halides is 3. The quantitative estimate of drug-likeness (QED) is 0.827. The highest BCUT2D eigenvalue weighted by Gasteiger charge is 2.30. The first-order valence-corrected chi connectivity index (χ1v) is 6.50. The van der Waals surface area contributed by atoms with Crippen molar-refractivity contribution >= 4 is 40.5 Å². The maximum Gasteiger partial charge on any atom is 0.416 e. The lowest BCUT2D eigenvalue weighted by Gasteiger charge is -2.12. The van der Waals surface area contributed by atoms with Crippen LogP contribution in [0.1, 0.15) is 25.3 Å². The lowest BCUT2D eigenvalue weighted by molar-refractivity contribution is -0.137. The first-order chi connectivity index (χ1) is 9.24. The first-order valence-electron chi connectivity index (χ1n) is 5.71. The summed E-state index contributed by atoms with van der Waals surface area (Å²) in [7, 11) is 0. The van der Waals surface area contributed by atoms with Gasteiger partial charge in [-0.1, -0.05) is 18.5 Å². The van der Waals surface area contributed by atoms with E-state index in [4.69, 9.17) is 23.8 Å². The van der Waals surface area contributed by atoms with E-state index in [2.05, 4.69) is 10.6 Å². The molecule has 0 aromatic heterocycles. The van der Waals surface area contributed by atoms with Gasteiger partial charge in [0.1, 0.15) is 0 Å². The van der Waals surface area contributed by atoms with E-state index in [9.17, 15) is 18.0 Å². The normalized spacial score (nSPS) is 11.1. The average molecular weight is 325 g/mol. The third-order valence-corrected chi connectivity index (χ3v) is 2.79. The SMILES string of the molecule is CCCC(=O)NC(=S)Nc1ccc(C(F)(F)F)cc1Cl. The molecule has 0 aliphatic rings. The smallest absolute Gasteiger partial charge is 0.331 e. The Morgan fingerprint density at radius 3 is 2.55 bits per heavy atom. The van der Waals surface area contributed by atoms with Gasteiger partial charge in [-0.05, 0) is 36.8 Å². The zero-order chi connectivity index (χ0) is 15.3. The number of halogens is 4. The summed E-state index contributed by atoms with van der Waals surface area (Å²) in [4.78, 5) is 11.3. The van der Waals surface area contributed by atoms with Crippen LogP contribution < -0.4 is 10.6 Å².